The normalized spacial score (nSPS) is 10.5. The number of hydrogen-bond acceptors (Lipinski definition) is 0. The molecule has 71 valence electrons. The lowest BCUT2D eigenvalue weighted by Gasteiger charge is -2.05. The molecule has 0 aliphatic heterocycles. The van der Waals surface area contributed by atoms with Crippen LogP contribution in [0.15, 0.2) is 0 Å². The third kappa shape index (κ3) is 13.4. The van der Waals surface area contributed by atoms with Gasteiger partial charge in [-0.15, -0.1) is 0 Å². The van der Waals surface area contributed by atoms with E-state index in [2.05, 4.69) is 27.7 Å². The van der Waals surface area contributed by atoms with Gasteiger partial charge in [-0.1, -0.05) is 59.8 Å². The molecule has 0 amide bonds. The fourth-order valence-electron chi connectivity index (χ4n) is 1.22. The molecule has 1 heteroatoms. The zero-order valence-electron chi connectivity index (χ0n) is 8.40. The van der Waals surface area contributed by atoms with E-state index in [1.54, 1.807) is 0 Å². The van der Waals surface area contributed by atoms with Gasteiger partial charge in [0.25, 0.3) is 0 Å². The van der Waals surface area contributed by atoms with Crippen molar-refractivity contribution in [2.75, 3.05) is 0 Å². The molecule has 12 heavy (non-hydrogen) atoms. The zero-order valence-corrected chi connectivity index (χ0v) is 8.40. The van der Waals surface area contributed by atoms with Gasteiger partial charge in [0.05, 0.1) is 0 Å². The molecule has 0 aromatic carbocycles. The second kappa shape index (κ2) is 9.85. The van der Waals surface area contributed by atoms with Crippen molar-refractivity contribution in [1.82, 2.24) is 0 Å². The molecule has 0 fully saturated rings. The third-order valence-electron chi connectivity index (χ3n) is 1.98. The van der Waals surface area contributed by atoms with Crippen molar-refractivity contribution in [1.29, 1.82) is 0 Å². The van der Waals surface area contributed by atoms with E-state index >= 15 is 0 Å². The summed E-state index contributed by atoms with van der Waals surface area (Å²) in [5, 5.41) is 0. The minimum Gasteiger partial charge on any atom is -0.0628 e. The maximum atomic E-state index is 3.97. The molecule has 0 saturated carbocycles. The van der Waals surface area contributed by atoms with Gasteiger partial charge < -0.3 is 0 Å². The van der Waals surface area contributed by atoms with Crippen LogP contribution < -0.4 is 0 Å². The van der Waals surface area contributed by atoms with Gasteiger partial charge in [-0.05, 0) is 11.8 Å². The van der Waals surface area contributed by atoms with Crippen LogP contribution in [0.1, 0.15) is 52.9 Å². The lowest BCUT2D eigenvalue weighted by Crippen LogP contribution is -1.90. The summed E-state index contributed by atoms with van der Waals surface area (Å²) in [6.45, 7) is 10.8. The molecule has 0 nitrogen and oxygen atoms in total. The minimum atomic E-state index is 0. The molecule has 0 aliphatic rings. The Kier molecular flexibility index (Phi) is 12.5. The van der Waals surface area contributed by atoms with Crippen LogP contribution in [0.5, 0.6) is 0 Å². The summed E-state index contributed by atoms with van der Waals surface area (Å²) in [7, 11) is 0. The number of rotatable bonds is 6. The Hall–Kier alpha value is 0.766. The predicted octanol–water partition coefficient (Wildman–Crippen LogP) is 3.15. The van der Waals surface area contributed by atoms with E-state index < -0.39 is 0 Å². The van der Waals surface area contributed by atoms with Crippen LogP contribution in [0.3, 0.4) is 0 Å². The van der Waals surface area contributed by atoms with Crippen molar-refractivity contribution in [3.05, 3.63) is 6.92 Å². The molecule has 0 aromatic rings. The van der Waals surface area contributed by atoms with Gasteiger partial charge in [0.15, 0.2) is 0 Å². The summed E-state index contributed by atoms with van der Waals surface area (Å²) in [6.07, 6.45) is 6.88. The Morgan fingerprint density at radius 1 is 0.917 bits per heavy atom. The maximum Gasteiger partial charge on any atom is 0.316 e. The van der Waals surface area contributed by atoms with E-state index in [-0.39, 0.29) is 23.1 Å². The molecule has 0 aromatic heterocycles. The Morgan fingerprint density at radius 2 is 1.42 bits per heavy atom. The van der Waals surface area contributed by atoms with Crippen LogP contribution >= 0.6 is 0 Å². The van der Waals surface area contributed by atoms with Gasteiger partial charge in [0.2, 0.25) is 0 Å². The van der Waals surface area contributed by atoms with Gasteiger partial charge in [0.1, 0.15) is 0 Å². The largest absolute Gasteiger partial charge is 0.316 e. The summed E-state index contributed by atoms with van der Waals surface area (Å²) in [4.78, 5) is 0. The monoisotopic (exact) mass is 181 g/mol. The first-order valence-corrected chi connectivity index (χ1v) is 4.96. The van der Waals surface area contributed by atoms with Gasteiger partial charge >= 0.3 is 23.1 Å². The average molecular weight is 182 g/mol. The van der Waals surface area contributed by atoms with E-state index in [0.717, 1.165) is 5.92 Å². The smallest absolute Gasteiger partial charge is 0.0628 e. The van der Waals surface area contributed by atoms with E-state index in [0.29, 0.717) is 5.92 Å². The van der Waals surface area contributed by atoms with E-state index in [4.69, 9.17) is 0 Å². The highest BCUT2D eigenvalue weighted by molar-refractivity contribution is 5.75. The highest BCUT2D eigenvalue weighted by atomic mass is 24.3. The van der Waals surface area contributed by atoms with Gasteiger partial charge in [-0.3, -0.25) is 0 Å². The first-order valence-electron chi connectivity index (χ1n) is 4.96. The summed E-state index contributed by atoms with van der Waals surface area (Å²) in [5.74, 6) is 1.53. The molecule has 0 heterocycles. The van der Waals surface area contributed by atoms with Gasteiger partial charge in [-0.25, -0.2) is 0 Å². The van der Waals surface area contributed by atoms with E-state index in [1.165, 1.54) is 32.1 Å². The summed E-state index contributed by atoms with van der Waals surface area (Å²) in [5.41, 5.74) is 0. The number of unbranched alkanes of at least 4 members (excludes halogenated alkanes) is 2. The molecular weight excluding hydrogens is 156 g/mol. The van der Waals surface area contributed by atoms with E-state index in [9.17, 15) is 0 Å². The molecule has 1 radical (unpaired) electrons. The Balaban J connectivity index is 0. The molecule has 0 saturated heterocycles. The van der Waals surface area contributed by atoms with Crippen LogP contribution in [0.4, 0.5) is 0 Å². The van der Waals surface area contributed by atoms with Crippen molar-refractivity contribution in [3.63, 3.8) is 0 Å². The van der Waals surface area contributed by atoms with Crippen molar-refractivity contribution in [2.45, 2.75) is 52.9 Å². The second-order valence-corrected chi connectivity index (χ2v) is 4.14. The lowest BCUT2D eigenvalue weighted by molar-refractivity contribution is 0.500. The summed E-state index contributed by atoms with van der Waals surface area (Å²) in [6, 6.07) is 0. The third-order valence-corrected chi connectivity index (χ3v) is 1.98. The fraction of sp³-hybridized carbons (Fsp3) is 0.909. The average Bonchev–Trinajstić information content (AvgIpc) is 1.85. The minimum absolute atomic E-state index is 0. The molecule has 1 atom stereocenters. The Bertz CT molecular complexity index is 67.1. The summed E-state index contributed by atoms with van der Waals surface area (Å²) >= 11 is 0. The van der Waals surface area contributed by atoms with Gasteiger partial charge in [0, 0.05) is 0 Å². The van der Waals surface area contributed by atoms with Crippen molar-refractivity contribution in [2.24, 2.45) is 11.8 Å². The van der Waals surface area contributed by atoms with Crippen LogP contribution in [-0.2, 0) is 0 Å². The Morgan fingerprint density at radius 3 is 1.83 bits per heavy atom. The van der Waals surface area contributed by atoms with Crippen LogP contribution in [0.25, 0.3) is 0 Å². The van der Waals surface area contributed by atoms with Crippen molar-refractivity contribution in [3.8, 4) is 0 Å². The van der Waals surface area contributed by atoms with Crippen molar-refractivity contribution < 1.29 is 0 Å². The number of hydrogen-bond donors (Lipinski definition) is 0. The van der Waals surface area contributed by atoms with E-state index in [1.807, 2.05) is 0 Å². The van der Waals surface area contributed by atoms with Crippen molar-refractivity contribution >= 4 is 23.1 Å². The molecule has 0 bridgehead atoms. The maximum absolute atomic E-state index is 3.97. The molecule has 0 rings (SSSR count). The highest BCUT2D eigenvalue weighted by Crippen LogP contribution is 2.12. The van der Waals surface area contributed by atoms with Gasteiger partial charge in [-0.2, -0.15) is 0 Å². The Labute approximate surface area is 94.7 Å². The molecule has 0 N–H and O–H groups in total. The van der Waals surface area contributed by atoms with Crippen LogP contribution in [0, 0.1) is 18.8 Å². The SMILES string of the molecule is [CH2]C(C)CCCCCC(C)C.[MgH2]. The predicted molar refractivity (Wildman–Crippen MR) is 61.0 cm³/mol. The summed E-state index contributed by atoms with van der Waals surface area (Å²) < 4.78 is 0. The first kappa shape index (κ1) is 15.2. The van der Waals surface area contributed by atoms with Crippen LogP contribution in [0.2, 0.25) is 0 Å². The quantitative estimate of drug-likeness (QED) is 0.436. The second-order valence-electron chi connectivity index (χ2n) is 4.14. The first-order chi connectivity index (χ1) is 5.13. The zero-order chi connectivity index (χ0) is 8.69. The molecule has 1 unspecified atom stereocenters. The molecule has 0 spiro atoms. The molecule has 0 aliphatic carbocycles. The fourth-order valence-corrected chi connectivity index (χ4v) is 1.22. The van der Waals surface area contributed by atoms with Crippen LogP contribution in [-0.4, -0.2) is 23.1 Å². The highest BCUT2D eigenvalue weighted by Gasteiger charge is 1.96. The topological polar surface area (TPSA) is 0 Å². The standard InChI is InChI=1S/C11H23.Mg.2H/c1-10(2)8-6-5-7-9-11(3)4;;;/h10-11H,1,5-9H2,2-4H3;;;. The molecular formula is C11H25Mg. The lowest BCUT2D eigenvalue weighted by atomic mass is 10.0.